The molecule has 1 saturated carbocycles. The summed E-state index contributed by atoms with van der Waals surface area (Å²) < 4.78 is 0.966. The molecule has 0 saturated heterocycles. The van der Waals surface area contributed by atoms with Gasteiger partial charge in [0.15, 0.2) is 0 Å². The topological polar surface area (TPSA) is 46.2 Å². The fourth-order valence-electron chi connectivity index (χ4n) is 3.26. The third-order valence-corrected chi connectivity index (χ3v) is 5.32. The first-order chi connectivity index (χ1) is 8.53. The van der Waals surface area contributed by atoms with Crippen molar-refractivity contribution >= 4 is 15.9 Å². The largest absolute Gasteiger partial charge is 0.385 e. The van der Waals surface area contributed by atoms with Crippen molar-refractivity contribution in [1.29, 1.82) is 0 Å². The highest BCUT2D eigenvalue weighted by Crippen LogP contribution is 2.50. The number of hydrogen-bond donors (Lipinski definition) is 2. The fraction of sp³-hybridized carbons (Fsp3) is 0.600. The van der Waals surface area contributed by atoms with Crippen LogP contribution in [0, 0.1) is 5.41 Å². The van der Waals surface area contributed by atoms with Crippen molar-refractivity contribution in [3.05, 3.63) is 34.3 Å². The number of hydrogen-bond acceptors (Lipinski definition) is 2. The van der Waals surface area contributed by atoms with Crippen molar-refractivity contribution < 1.29 is 5.11 Å². The van der Waals surface area contributed by atoms with Crippen LogP contribution in [0.2, 0.25) is 0 Å². The molecule has 3 N–H and O–H groups in total. The van der Waals surface area contributed by atoms with Crippen molar-refractivity contribution in [3.63, 3.8) is 0 Å². The van der Waals surface area contributed by atoms with E-state index in [9.17, 15) is 5.11 Å². The number of aliphatic hydroxyl groups is 1. The maximum absolute atomic E-state index is 11.1. The fourth-order valence-corrected chi connectivity index (χ4v) is 3.93. The van der Waals surface area contributed by atoms with Crippen molar-refractivity contribution in [2.75, 3.05) is 6.54 Å². The Morgan fingerprint density at radius 2 is 1.89 bits per heavy atom. The summed E-state index contributed by atoms with van der Waals surface area (Å²) in [6.45, 7) is 2.46. The van der Waals surface area contributed by atoms with E-state index in [0.29, 0.717) is 6.54 Å². The Bertz CT molecular complexity index is 411. The molecule has 0 amide bonds. The van der Waals surface area contributed by atoms with E-state index in [0.717, 1.165) is 35.7 Å². The molecule has 2 nitrogen and oxygen atoms in total. The highest BCUT2D eigenvalue weighted by molar-refractivity contribution is 9.10. The van der Waals surface area contributed by atoms with E-state index >= 15 is 0 Å². The van der Waals surface area contributed by atoms with Crippen molar-refractivity contribution in [3.8, 4) is 0 Å². The summed E-state index contributed by atoms with van der Waals surface area (Å²) in [5, 5.41) is 11.1. The molecule has 1 unspecified atom stereocenters. The molecule has 0 aliphatic heterocycles. The Morgan fingerprint density at radius 3 is 2.44 bits per heavy atom. The first kappa shape index (κ1) is 14.0. The van der Waals surface area contributed by atoms with E-state index in [2.05, 4.69) is 15.9 Å². The third-order valence-electron chi connectivity index (χ3n) is 4.63. The Balaban J connectivity index is 2.42. The van der Waals surface area contributed by atoms with E-state index in [1.807, 2.05) is 31.2 Å². The normalized spacial score (nSPS) is 22.4. The molecule has 1 aromatic rings. The monoisotopic (exact) mass is 311 g/mol. The molecule has 1 atom stereocenters. The van der Waals surface area contributed by atoms with Gasteiger partial charge in [0, 0.05) is 16.4 Å². The van der Waals surface area contributed by atoms with Crippen LogP contribution in [0.25, 0.3) is 0 Å². The van der Waals surface area contributed by atoms with Gasteiger partial charge in [0.1, 0.15) is 0 Å². The van der Waals surface area contributed by atoms with Gasteiger partial charge in [-0.2, -0.15) is 0 Å². The first-order valence-corrected chi connectivity index (χ1v) is 7.50. The van der Waals surface area contributed by atoms with E-state index in [4.69, 9.17) is 5.73 Å². The van der Waals surface area contributed by atoms with Crippen molar-refractivity contribution in [2.45, 2.75) is 44.6 Å². The van der Waals surface area contributed by atoms with Crippen LogP contribution < -0.4 is 5.73 Å². The highest BCUT2D eigenvalue weighted by Gasteiger charge is 2.48. The van der Waals surface area contributed by atoms with Gasteiger partial charge in [0.25, 0.3) is 0 Å². The smallest absolute Gasteiger partial charge is 0.0947 e. The standard InChI is InChI=1S/C15H22BrNO/c1-14(18,12-7-3-4-8-13(12)16)15(11-17)9-5-2-6-10-15/h3-4,7-8,18H,2,5-6,9-11,17H2,1H3. The summed E-state index contributed by atoms with van der Waals surface area (Å²) in [6.07, 6.45) is 5.61. The van der Waals surface area contributed by atoms with Crippen molar-refractivity contribution in [1.82, 2.24) is 0 Å². The predicted octanol–water partition coefficient (Wildman–Crippen LogP) is 3.57. The van der Waals surface area contributed by atoms with Gasteiger partial charge >= 0.3 is 0 Å². The van der Waals surface area contributed by atoms with E-state index < -0.39 is 5.60 Å². The molecule has 3 heteroatoms. The number of halogens is 1. The van der Waals surface area contributed by atoms with Crippen LogP contribution in [-0.4, -0.2) is 11.7 Å². The molecular formula is C15H22BrNO. The second-order valence-electron chi connectivity index (χ2n) is 5.60. The van der Waals surface area contributed by atoms with Crippen LogP contribution >= 0.6 is 15.9 Å². The zero-order chi connectivity index (χ0) is 13.2. The third kappa shape index (κ3) is 2.24. The zero-order valence-corrected chi connectivity index (χ0v) is 12.5. The Kier molecular flexibility index (Phi) is 4.15. The molecule has 1 fully saturated rings. The lowest BCUT2D eigenvalue weighted by atomic mass is 9.61. The molecule has 18 heavy (non-hydrogen) atoms. The quantitative estimate of drug-likeness (QED) is 0.896. The average Bonchev–Trinajstić information content (AvgIpc) is 2.39. The number of rotatable bonds is 3. The lowest BCUT2D eigenvalue weighted by molar-refractivity contribution is -0.0923. The minimum Gasteiger partial charge on any atom is -0.385 e. The lowest BCUT2D eigenvalue weighted by Crippen LogP contribution is -2.50. The van der Waals surface area contributed by atoms with E-state index in [1.54, 1.807) is 0 Å². The van der Waals surface area contributed by atoms with Crippen LogP contribution in [0.5, 0.6) is 0 Å². The molecule has 1 aliphatic rings. The molecule has 100 valence electrons. The SMILES string of the molecule is CC(O)(c1ccccc1Br)C1(CN)CCCCC1. The summed E-state index contributed by atoms with van der Waals surface area (Å²) in [6, 6.07) is 7.92. The number of nitrogens with two attached hydrogens (primary N) is 1. The molecule has 1 aliphatic carbocycles. The van der Waals surface area contributed by atoms with Gasteiger partial charge in [-0.05, 0) is 31.4 Å². The van der Waals surface area contributed by atoms with Gasteiger partial charge in [-0.3, -0.25) is 0 Å². The van der Waals surface area contributed by atoms with Gasteiger partial charge in [-0.15, -0.1) is 0 Å². The Morgan fingerprint density at radius 1 is 1.28 bits per heavy atom. The Hall–Kier alpha value is -0.380. The van der Waals surface area contributed by atoms with Gasteiger partial charge < -0.3 is 10.8 Å². The van der Waals surface area contributed by atoms with Crippen molar-refractivity contribution in [2.24, 2.45) is 11.1 Å². The van der Waals surface area contributed by atoms with Crippen LogP contribution in [0.4, 0.5) is 0 Å². The summed E-state index contributed by atoms with van der Waals surface area (Å²) >= 11 is 3.55. The summed E-state index contributed by atoms with van der Waals surface area (Å²) in [4.78, 5) is 0. The van der Waals surface area contributed by atoms with Crippen LogP contribution in [0.3, 0.4) is 0 Å². The second-order valence-corrected chi connectivity index (χ2v) is 6.45. The predicted molar refractivity (Wildman–Crippen MR) is 78.3 cm³/mol. The summed E-state index contributed by atoms with van der Waals surface area (Å²) in [5.74, 6) is 0. The number of benzene rings is 1. The van der Waals surface area contributed by atoms with Crippen LogP contribution in [0.15, 0.2) is 28.7 Å². The molecule has 0 radical (unpaired) electrons. The molecule has 0 bridgehead atoms. The molecule has 0 spiro atoms. The maximum atomic E-state index is 11.1. The summed E-state index contributed by atoms with van der Waals surface area (Å²) in [5.41, 5.74) is 5.93. The first-order valence-electron chi connectivity index (χ1n) is 6.71. The van der Waals surface area contributed by atoms with Gasteiger partial charge in [0.05, 0.1) is 5.60 Å². The van der Waals surface area contributed by atoms with Crippen LogP contribution in [-0.2, 0) is 5.60 Å². The lowest BCUT2D eigenvalue weighted by Gasteiger charge is -2.48. The van der Waals surface area contributed by atoms with Gasteiger partial charge in [0.2, 0.25) is 0 Å². The van der Waals surface area contributed by atoms with Crippen LogP contribution in [0.1, 0.15) is 44.6 Å². The second kappa shape index (κ2) is 5.32. The average molecular weight is 312 g/mol. The highest BCUT2D eigenvalue weighted by atomic mass is 79.9. The summed E-state index contributed by atoms with van der Waals surface area (Å²) in [7, 11) is 0. The molecule has 0 aromatic heterocycles. The molecule has 1 aromatic carbocycles. The van der Waals surface area contributed by atoms with E-state index in [1.165, 1.54) is 6.42 Å². The molecule has 0 heterocycles. The maximum Gasteiger partial charge on any atom is 0.0947 e. The minimum absolute atomic E-state index is 0.185. The minimum atomic E-state index is -0.873. The Labute approximate surface area is 118 Å². The van der Waals surface area contributed by atoms with Gasteiger partial charge in [-0.25, -0.2) is 0 Å². The van der Waals surface area contributed by atoms with E-state index in [-0.39, 0.29) is 5.41 Å². The van der Waals surface area contributed by atoms with Gasteiger partial charge in [-0.1, -0.05) is 53.4 Å². The molecular weight excluding hydrogens is 290 g/mol. The zero-order valence-electron chi connectivity index (χ0n) is 11.0. The molecule has 2 rings (SSSR count).